The Bertz CT molecular complexity index is 1450. The minimum Gasteiger partial charge on any atom is -0.481 e. The molecule has 0 amide bonds. The van der Waals surface area contributed by atoms with Gasteiger partial charge in [0.1, 0.15) is 10.6 Å². The lowest BCUT2D eigenvalue weighted by atomic mass is 10.1. The summed E-state index contributed by atoms with van der Waals surface area (Å²) in [6.45, 7) is 3.16. The van der Waals surface area contributed by atoms with E-state index in [4.69, 9.17) is 14.7 Å². The fourth-order valence-electron chi connectivity index (χ4n) is 4.32. The maximum Gasteiger partial charge on any atom is 0.228 e. The third kappa shape index (κ3) is 4.15. The van der Waals surface area contributed by atoms with Crippen molar-refractivity contribution in [3.05, 3.63) is 72.5 Å². The van der Waals surface area contributed by atoms with Crippen molar-refractivity contribution in [2.24, 2.45) is 0 Å². The molecule has 0 atom stereocenters. The van der Waals surface area contributed by atoms with Crippen molar-refractivity contribution in [1.29, 1.82) is 0 Å². The fraction of sp³-hybridized carbons (Fsp3) is 0.192. The lowest BCUT2D eigenvalue weighted by Crippen LogP contribution is -2.47. The van der Waals surface area contributed by atoms with Gasteiger partial charge in [0.15, 0.2) is 5.82 Å². The highest BCUT2D eigenvalue weighted by atomic mass is 32.1. The first-order valence-electron chi connectivity index (χ1n) is 11.4. The highest BCUT2D eigenvalue weighted by molar-refractivity contribution is 7.17. The maximum absolute atomic E-state index is 5.28. The third-order valence-electron chi connectivity index (χ3n) is 6.11. The molecule has 4 aromatic heterocycles. The molecule has 0 bridgehead atoms. The van der Waals surface area contributed by atoms with Crippen LogP contribution in [0.3, 0.4) is 0 Å². The van der Waals surface area contributed by atoms with E-state index in [1.54, 1.807) is 36.9 Å². The quantitative estimate of drug-likeness (QED) is 0.362. The van der Waals surface area contributed by atoms with Gasteiger partial charge in [-0.05, 0) is 17.7 Å². The van der Waals surface area contributed by atoms with Crippen LogP contribution < -0.4 is 14.5 Å². The number of thiophene rings is 1. The summed E-state index contributed by atoms with van der Waals surface area (Å²) in [5.74, 6) is 2.91. The molecule has 1 fully saturated rings. The Kier molecular flexibility index (Phi) is 5.67. The number of nitrogens with zero attached hydrogens (tertiary/aromatic N) is 7. The van der Waals surface area contributed by atoms with E-state index in [9.17, 15) is 0 Å². The molecular formula is C26H23N7OS. The standard InChI is InChI=1S/C26H23N7OS/c1-34-21-9-11-28-26(29-21)33-14-12-32(13-15-33)24-22-20(18-6-3-2-4-7-18)17-35-25(22)31-23(30-24)19-8-5-10-27-16-19/h2-11,16-17H,12-15H2,1H3. The zero-order chi connectivity index (χ0) is 23.6. The molecule has 35 heavy (non-hydrogen) atoms. The van der Waals surface area contributed by atoms with Gasteiger partial charge in [0.25, 0.3) is 0 Å². The van der Waals surface area contributed by atoms with Crippen molar-refractivity contribution < 1.29 is 4.74 Å². The molecule has 5 aromatic rings. The first-order valence-corrected chi connectivity index (χ1v) is 12.3. The molecule has 0 aliphatic carbocycles. The number of piperazine rings is 1. The molecule has 0 unspecified atom stereocenters. The molecule has 0 radical (unpaired) electrons. The van der Waals surface area contributed by atoms with Gasteiger partial charge in [-0.3, -0.25) is 4.98 Å². The predicted octanol–water partition coefficient (Wildman–Crippen LogP) is 4.55. The van der Waals surface area contributed by atoms with Gasteiger partial charge >= 0.3 is 0 Å². The topological polar surface area (TPSA) is 80.2 Å². The number of rotatable bonds is 5. The molecule has 0 N–H and O–H groups in total. The Labute approximate surface area is 206 Å². The molecule has 0 saturated carbocycles. The summed E-state index contributed by atoms with van der Waals surface area (Å²) in [5, 5.41) is 3.28. The molecule has 6 rings (SSSR count). The van der Waals surface area contributed by atoms with Crippen LogP contribution in [0, 0.1) is 0 Å². The number of fused-ring (bicyclic) bond motifs is 1. The maximum atomic E-state index is 5.28. The summed E-state index contributed by atoms with van der Waals surface area (Å²) in [4.78, 5) is 28.7. The van der Waals surface area contributed by atoms with Crippen molar-refractivity contribution in [2.45, 2.75) is 0 Å². The summed E-state index contributed by atoms with van der Waals surface area (Å²) >= 11 is 1.65. The Hall–Kier alpha value is -4.11. The minimum absolute atomic E-state index is 0.571. The molecule has 1 saturated heterocycles. The van der Waals surface area contributed by atoms with E-state index in [1.807, 2.05) is 24.4 Å². The normalized spacial score (nSPS) is 13.9. The molecule has 5 heterocycles. The lowest BCUT2D eigenvalue weighted by molar-refractivity contribution is 0.396. The molecule has 0 spiro atoms. The van der Waals surface area contributed by atoms with Crippen LogP contribution in [0.1, 0.15) is 0 Å². The molecule has 8 nitrogen and oxygen atoms in total. The Balaban J connectivity index is 1.39. The number of hydrogen-bond acceptors (Lipinski definition) is 9. The average Bonchev–Trinajstić information content (AvgIpc) is 3.38. The van der Waals surface area contributed by atoms with Gasteiger partial charge in [0.05, 0.1) is 12.5 Å². The van der Waals surface area contributed by atoms with Gasteiger partial charge in [-0.1, -0.05) is 30.3 Å². The summed E-state index contributed by atoms with van der Waals surface area (Å²) in [6.07, 6.45) is 5.31. The van der Waals surface area contributed by atoms with Crippen LogP contribution in [0.2, 0.25) is 0 Å². The summed E-state index contributed by atoms with van der Waals surface area (Å²) in [7, 11) is 1.62. The molecule has 174 valence electrons. The van der Waals surface area contributed by atoms with E-state index in [2.05, 4.69) is 54.4 Å². The smallest absolute Gasteiger partial charge is 0.228 e. The van der Waals surface area contributed by atoms with Gasteiger partial charge in [-0.25, -0.2) is 15.0 Å². The van der Waals surface area contributed by atoms with Crippen LogP contribution in [-0.2, 0) is 0 Å². The highest BCUT2D eigenvalue weighted by Gasteiger charge is 2.25. The van der Waals surface area contributed by atoms with Crippen LogP contribution in [-0.4, -0.2) is 58.2 Å². The van der Waals surface area contributed by atoms with Gasteiger partial charge in [-0.15, -0.1) is 11.3 Å². The van der Waals surface area contributed by atoms with E-state index in [0.717, 1.165) is 53.3 Å². The van der Waals surface area contributed by atoms with E-state index in [-0.39, 0.29) is 0 Å². The number of methoxy groups -OCH3 is 1. The van der Waals surface area contributed by atoms with E-state index >= 15 is 0 Å². The highest BCUT2D eigenvalue weighted by Crippen LogP contribution is 2.39. The van der Waals surface area contributed by atoms with Crippen molar-refractivity contribution >= 4 is 33.3 Å². The number of benzene rings is 1. The van der Waals surface area contributed by atoms with Crippen LogP contribution in [0.25, 0.3) is 32.7 Å². The monoisotopic (exact) mass is 481 g/mol. The Morgan fingerprint density at radius 3 is 2.40 bits per heavy atom. The molecule has 1 aromatic carbocycles. The third-order valence-corrected chi connectivity index (χ3v) is 6.98. The van der Waals surface area contributed by atoms with Crippen LogP contribution in [0.4, 0.5) is 11.8 Å². The van der Waals surface area contributed by atoms with Gasteiger partial charge in [0, 0.05) is 67.3 Å². The Morgan fingerprint density at radius 2 is 1.63 bits per heavy atom. The van der Waals surface area contributed by atoms with Crippen molar-refractivity contribution in [3.8, 4) is 28.4 Å². The number of aromatic nitrogens is 5. The first kappa shape index (κ1) is 21.4. The second-order valence-corrected chi connectivity index (χ2v) is 9.04. The van der Waals surface area contributed by atoms with Crippen molar-refractivity contribution in [2.75, 3.05) is 43.1 Å². The molecule has 1 aliphatic heterocycles. The second-order valence-electron chi connectivity index (χ2n) is 8.18. The van der Waals surface area contributed by atoms with E-state index < -0.39 is 0 Å². The van der Waals surface area contributed by atoms with Crippen molar-refractivity contribution in [3.63, 3.8) is 0 Å². The number of ether oxygens (including phenoxy) is 1. The largest absolute Gasteiger partial charge is 0.481 e. The minimum atomic E-state index is 0.571. The van der Waals surface area contributed by atoms with Crippen LogP contribution in [0.15, 0.2) is 72.5 Å². The summed E-state index contributed by atoms with van der Waals surface area (Å²) in [6, 6.07) is 16.1. The Morgan fingerprint density at radius 1 is 0.829 bits per heavy atom. The fourth-order valence-corrected chi connectivity index (χ4v) is 5.26. The zero-order valence-corrected chi connectivity index (χ0v) is 20.0. The van der Waals surface area contributed by atoms with E-state index in [0.29, 0.717) is 17.7 Å². The van der Waals surface area contributed by atoms with Crippen LogP contribution in [0.5, 0.6) is 5.88 Å². The van der Waals surface area contributed by atoms with Gasteiger partial charge in [-0.2, -0.15) is 4.98 Å². The first-order chi connectivity index (χ1) is 17.3. The summed E-state index contributed by atoms with van der Waals surface area (Å²) < 4.78 is 5.28. The van der Waals surface area contributed by atoms with Crippen LogP contribution >= 0.6 is 11.3 Å². The predicted molar refractivity (Wildman–Crippen MR) is 139 cm³/mol. The second kappa shape index (κ2) is 9.27. The molecular weight excluding hydrogens is 458 g/mol. The summed E-state index contributed by atoms with van der Waals surface area (Å²) in [5.41, 5.74) is 3.24. The van der Waals surface area contributed by atoms with E-state index in [1.165, 1.54) is 5.56 Å². The molecule has 1 aliphatic rings. The number of anilines is 2. The zero-order valence-electron chi connectivity index (χ0n) is 19.2. The van der Waals surface area contributed by atoms with Gasteiger partial charge in [0.2, 0.25) is 11.8 Å². The van der Waals surface area contributed by atoms with Gasteiger partial charge < -0.3 is 14.5 Å². The lowest BCUT2D eigenvalue weighted by Gasteiger charge is -2.35. The SMILES string of the molecule is COc1ccnc(N2CCN(c3nc(-c4cccnc4)nc4scc(-c5ccccc5)c34)CC2)n1. The average molecular weight is 482 g/mol. The number of pyridine rings is 1. The molecule has 9 heteroatoms. The number of hydrogen-bond donors (Lipinski definition) is 0. The van der Waals surface area contributed by atoms with Crippen molar-refractivity contribution in [1.82, 2.24) is 24.9 Å².